The molecule has 0 bridgehead atoms. The first-order chi connectivity index (χ1) is 16.1. The molecule has 1 aromatic carbocycles. The van der Waals surface area contributed by atoms with Crippen molar-refractivity contribution in [3.8, 4) is 5.75 Å². The lowest BCUT2D eigenvalue weighted by atomic mass is 10.1. The molecule has 0 saturated carbocycles. The molecule has 0 radical (unpaired) electrons. The molecule has 0 aliphatic carbocycles. The molecule has 35 heavy (non-hydrogen) atoms. The van der Waals surface area contributed by atoms with E-state index < -0.39 is 37.1 Å². The maximum absolute atomic E-state index is 12.2. The quantitative estimate of drug-likeness (QED) is 0.0943. The van der Waals surface area contributed by atoms with Crippen LogP contribution in [0.15, 0.2) is 29.8 Å². The Kier molecular flexibility index (Phi) is 12.1. The Labute approximate surface area is 214 Å². The van der Waals surface area contributed by atoms with Gasteiger partial charge in [0.05, 0.1) is 19.8 Å². The van der Waals surface area contributed by atoms with Gasteiger partial charge in [-0.1, -0.05) is 19.1 Å². The molecular formula is C25H44O7Si3. The standard InChI is InChI=1S/C25H44O7Si3/c1-11-28-24(26)23(25(27)29-12-2)17-21-13-15-22(16-14-21)30-18-20(3)19-35(10,31-33(4,5)6)32-34(7,8)9/h13-17,20H,11-12,18-19H2,1-10H3. The van der Waals surface area contributed by atoms with E-state index in [-0.39, 0.29) is 24.7 Å². The van der Waals surface area contributed by atoms with Crippen LogP contribution in [0.4, 0.5) is 0 Å². The summed E-state index contributed by atoms with van der Waals surface area (Å²) in [6.45, 7) is 21.9. The molecule has 0 aromatic heterocycles. The van der Waals surface area contributed by atoms with E-state index in [1.165, 1.54) is 6.08 Å². The van der Waals surface area contributed by atoms with Gasteiger partial charge in [-0.15, -0.1) is 0 Å². The van der Waals surface area contributed by atoms with Gasteiger partial charge in [-0.25, -0.2) is 9.59 Å². The van der Waals surface area contributed by atoms with Crippen LogP contribution >= 0.6 is 0 Å². The second-order valence-electron chi connectivity index (χ2n) is 10.8. The average molecular weight is 541 g/mol. The van der Waals surface area contributed by atoms with Crippen LogP contribution in [0.5, 0.6) is 5.75 Å². The maximum Gasteiger partial charge on any atom is 0.345 e. The smallest absolute Gasteiger partial charge is 0.345 e. The third-order valence-electron chi connectivity index (χ3n) is 4.48. The van der Waals surface area contributed by atoms with Gasteiger partial charge >= 0.3 is 20.5 Å². The van der Waals surface area contributed by atoms with E-state index in [0.29, 0.717) is 17.9 Å². The summed E-state index contributed by atoms with van der Waals surface area (Å²) in [5, 5.41) is 0. The van der Waals surface area contributed by atoms with Gasteiger partial charge in [0.1, 0.15) is 11.3 Å². The first kappa shape index (κ1) is 31.3. The van der Waals surface area contributed by atoms with Gasteiger partial charge in [0.2, 0.25) is 0 Å². The van der Waals surface area contributed by atoms with Gasteiger partial charge in [-0.3, -0.25) is 0 Å². The number of ether oxygens (including phenoxy) is 3. The van der Waals surface area contributed by atoms with Gasteiger partial charge in [0, 0.05) is 0 Å². The fourth-order valence-electron chi connectivity index (χ4n) is 3.78. The highest BCUT2D eigenvalue weighted by Gasteiger charge is 2.41. The number of esters is 2. The van der Waals surface area contributed by atoms with Gasteiger partial charge in [-0.05, 0) is 95.4 Å². The van der Waals surface area contributed by atoms with Crippen LogP contribution in [0, 0.1) is 5.92 Å². The third-order valence-corrected chi connectivity index (χ3v) is 14.3. The van der Waals surface area contributed by atoms with Crippen molar-refractivity contribution in [3.05, 3.63) is 35.4 Å². The second kappa shape index (κ2) is 13.5. The number of benzene rings is 1. The van der Waals surface area contributed by atoms with Crippen LogP contribution in [0.3, 0.4) is 0 Å². The molecule has 1 rings (SSSR count). The Morgan fingerprint density at radius 1 is 0.829 bits per heavy atom. The topological polar surface area (TPSA) is 80.3 Å². The van der Waals surface area contributed by atoms with Gasteiger partial charge in [0.25, 0.3) is 0 Å². The van der Waals surface area contributed by atoms with Crippen molar-refractivity contribution in [1.29, 1.82) is 0 Å². The minimum atomic E-state index is -2.34. The fourth-order valence-corrected chi connectivity index (χ4v) is 16.7. The minimum absolute atomic E-state index is 0.134. The van der Waals surface area contributed by atoms with E-state index in [0.717, 1.165) is 6.04 Å². The number of hydrogen-bond donors (Lipinski definition) is 0. The molecule has 0 aliphatic heterocycles. The van der Waals surface area contributed by atoms with E-state index in [4.69, 9.17) is 22.4 Å². The number of carbonyl (C=O) groups is 2. The van der Waals surface area contributed by atoms with Gasteiger partial charge < -0.3 is 22.4 Å². The van der Waals surface area contributed by atoms with E-state index in [2.05, 4.69) is 52.8 Å². The Bertz CT molecular complexity index is 819. The average Bonchev–Trinajstić information content (AvgIpc) is 2.68. The molecule has 1 aromatic rings. The van der Waals surface area contributed by atoms with Crippen molar-refractivity contribution in [2.24, 2.45) is 5.92 Å². The molecule has 0 heterocycles. The number of carbonyl (C=O) groups excluding carboxylic acids is 2. The Morgan fingerprint density at radius 2 is 1.29 bits per heavy atom. The van der Waals surface area contributed by atoms with Crippen molar-refractivity contribution in [2.75, 3.05) is 19.8 Å². The van der Waals surface area contributed by atoms with Crippen molar-refractivity contribution < 1.29 is 32.0 Å². The van der Waals surface area contributed by atoms with Crippen LogP contribution in [0.1, 0.15) is 26.3 Å². The molecule has 1 atom stereocenters. The third kappa shape index (κ3) is 12.7. The molecule has 0 amide bonds. The highest BCUT2D eigenvalue weighted by Crippen LogP contribution is 2.28. The molecule has 0 aliphatic rings. The predicted molar refractivity (Wildman–Crippen MR) is 148 cm³/mol. The van der Waals surface area contributed by atoms with Crippen LogP contribution in [-0.4, -0.2) is 57.0 Å². The summed E-state index contributed by atoms with van der Waals surface area (Å²) in [6, 6.07) is 8.09. The zero-order valence-corrected chi connectivity index (χ0v) is 26.2. The van der Waals surface area contributed by atoms with Crippen molar-refractivity contribution in [3.63, 3.8) is 0 Å². The zero-order chi connectivity index (χ0) is 26.9. The fraction of sp³-hybridized carbons (Fsp3) is 0.600. The van der Waals surface area contributed by atoms with Gasteiger partial charge in [0.15, 0.2) is 16.6 Å². The van der Waals surface area contributed by atoms with Crippen LogP contribution in [0.2, 0.25) is 51.9 Å². The molecule has 10 heteroatoms. The highest BCUT2D eigenvalue weighted by molar-refractivity contribution is 6.87. The van der Waals surface area contributed by atoms with Gasteiger partial charge in [-0.2, -0.15) is 0 Å². The van der Waals surface area contributed by atoms with Crippen molar-refractivity contribution in [2.45, 2.75) is 72.6 Å². The summed E-state index contributed by atoms with van der Waals surface area (Å²) in [7, 11) is -5.83. The molecule has 0 N–H and O–H groups in total. The molecule has 0 fully saturated rings. The molecular weight excluding hydrogens is 497 g/mol. The summed E-state index contributed by atoms with van der Waals surface area (Å²) in [4.78, 5) is 24.3. The van der Waals surface area contributed by atoms with Crippen LogP contribution in [-0.2, 0) is 27.3 Å². The normalized spacial score (nSPS) is 13.1. The Hall–Kier alpha value is -1.73. The van der Waals surface area contributed by atoms with Crippen LogP contribution in [0.25, 0.3) is 6.08 Å². The summed E-state index contributed by atoms with van der Waals surface area (Å²) >= 11 is 0. The molecule has 198 valence electrons. The second-order valence-corrected chi connectivity index (χ2v) is 23.5. The lowest BCUT2D eigenvalue weighted by Gasteiger charge is -2.39. The summed E-state index contributed by atoms with van der Waals surface area (Å²) in [5.74, 6) is -0.427. The largest absolute Gasteiger partial charge is 0.493 e. The van der Waals surface area contributed by atoms with Crippen molar-refractivity contribution >= 4 is 43.2 Å². The number of hydrogen-bond acceptors (Lipinski definition) is 7. The minimum Gasteiger partial charge on any atom is -0.493 e. The maximum atomic E-state index is 12.2. The SMILES string of the molecule is CCOC(=O)C(=Cc1ccc(OCC(C)C[Si](C)(O[Si](C)(C)C)O[Si](C)(C)C)cc1)C(=O)OCC. The first-order valence-corrected chi connectivity index (χ1v) is 21.6. The van der Waals surface area contributed by atoms with Crippen molar-refractivity contribution in [1.82, 2.24) is 0 Å². The van der Waals surface area contributed by atoms with E-state index >= 15 is 0 Å². The van der Waals surface area contributed by atoms with E-state index in [1.54, 1.807) is 26.0 Å². The monoisotopic (exact) mass is 540 g/mol. The lowest BCUT2D eigenvalue weighted by Crippen LogP contribution is -2.53. The molecule has 1 unspecified atom stereocenters. The number of rotatable bonds is 14. The first-order valence-electron chi connectivity index (χ1n) is 12.3. The lowest BCUT2D eigenvalue weighted by molar-refractivity contribution is -0.146. The molecule has 0 spiro atoms. The van der Waals surface area contributed by atoms with Crippen LogP contribution < -0.4 is 4.74 Å². The Morgan fingerprint density at radius 3 is 1.69 bits per heavy atom. The molecule has 7 nitrogen and oxygen atoms in total. The summed E-state index contributed by atoms with van der Waals surface area (Å²) < 4.78 is 29.2. The van der Waals surface area contributed by atoms with E-state index in [1.807, 2.05) is 12.1 Å². The summed E-state index contributed by atoms with van der Waals surface area (Å²) in [6.07, 6.45) is 1.47. The summed E-state index contributed by atoms with van der Waals surface area (Å²) in [5.41, 5.74) is 0.540. The van der Waals surface area contributed by atoms with E-state index in [9.17, 15) is 9.59 Å². The zero-order valence-electron chi connectivity index (χ0n) is 23.2. The molecule has 0 saturated heterocycles. The predicted octanol–water partition coefficient (Wildman–Crippen LogP) is 5.99. The highest BCUT2D eigenvalue weighted by atomic mass is 28.5. The Balaban J connectivity index is 2.87.